The fourth-order valence-electron chi connectivity index (χ4n) is 2.94. The molecule has 0 spiro atoms. The molecule has 5 nitrogen and oxygen atoms in total. The molecule has 1 N–H and O–H groups in total. The van der Waals surface area contributed by atoms with Crippen LogP contribution in [0.2, 0.25) is 0 Å². The van der Waals surface area contributed by atoms with Crippen LogP contribution in [0.15, 0.2) is 70.9 Å². The van der Waals surface area contributed by atoms with Gasteiger partial charge in [0.05, 0.1) is 19.3 Å². The zero-order valence-corrected chi connectivity index (χ0v) is 17.1. The van der Waals surface area contributed by atoms with E-state index in [4.69, 9.17) is 14.5 Å². The van der Waals surface area contributed by atoms with Gasteiger partial charge in [-0.25, -0.2) is 9.79 Å². The van der Waals surface area contributed by atoms with Gasteiger partial charge < -0.3 is 14.8 Å². The fraction of sp³-hybridized carbons (Fsp3) is 0.273. The zero-order chi connectivity index (χ0) is 19.9. The molecule has 0 saturated carbocycles. The van der Waals surface area contributed by atoms with E-state index in [1.165, 1.54) is 5.56 Å². The van der Waals surface area contributed by atoms with Gasteiger partial charge in [0, 0.05) is 11.4 Å². The molecule has 0 saturated heterocycles. The molecule has 0 radical (unpaired) electrons. The van der Waals surface area contributed by atoms with Gasteiger partial charge in [0.25, 0.3) is 0 Å². The number of ether oxygens (including phenoxy) is 2. The molecule has 1 unspecified atom stereocenters. The third-order valence-corrected chi connectivity index (χ3v) is 5.32. The third kappa shape index (κ3) is 4.75. The number of aliphatic imine (C=N–C) groups is 1. The minimum atomic E-state index is -0.375. The lowest BCUT2D eigenvalue weighted by Crippen LogP contribution is -2.30. The largest absolute Gasteiger partial charge is 0.497 e. The van der Waals surface area contributed by atoms with Crippen molar-refractivity contribution in [3.05, 3.63) is 77.0 Å². The summed E-state index contributed by atoms with van der Waals surface area (Å²) < 4.78 is 10.5. The number of nitrogens with zero attached hydrogens (tertiary/aromatic N) is 1. The normalized spacial score (nSPS) is 16.2. The van der Waals surface area contributed by atoms with Crippen LogP contribution in [-0.4, -0.2) is 24.9 Å². The number of carbonyl (C=O) groups excluding carboxylic acids is 1. The van der Waals surface area contributed by atoms with Crippen LogP contribution in [0.25, 0.3) is 0 Å². The molecule has 0 amide bonds. The highest BCUT2D eigenvalue weighted by atomic mass is 32.2. The molecule has 0 aliphatic carbocycles. The second kappa shape index (κ2) is 9.46. The molecule has 1 atom stereocenters. The SMILES string of the molecule is CCOC(=O)C1=C(C)NC(SCc2ccc(OC)cc2)=NC1c1ccccc1. The predicted octanol–water partition coefficient (Wildman–Crippen LogP) is 4.47. The molecule has 3 rings (SSSR count). The van der Waals surface area contributed by atoms with Crippen LogP contribution < -0.4 is 10.1 Å². The van der Waals surface area contributed by atoms with Crippen LogP contribution in [-0.2, 0) is 15.3 Å². The van der Waals surface area contributed by atoms with Gasteiger partial charge >= 0.3 is 5.97 Å². The number of benzene rings is 2. The first-order chi connectivity index (χ1) is 13.6. The Kier molecular flexibility index (Phi) is 6.76. The lowest BCUT2D eigenvalue weighted by Gasteiger charge is -2.25. The summed E-state index contributed by atoms with van der Waals surface area (Å²) in [7, 11) is 1.66. The van der Waals surface area contributed by atoms with Gasteiger partial charge in [-0.3, -0.25) is 0 Å². The summed E-state index contributed by atoms with van der Waals surface area (Å²) in [6, 6.07) is 17.4. The number of esters is 1. The van der Waals surface area contributed by atoms with E-state index in [0.29, 0.717) is 12.2 Å². The highest BCUT2D eigenvalue weighted by Crippen LogP contribution is 2.33. The van der Waals surface area contributed by atoms with Crippen molar-refractivity contribution in [2.45, 2.75) is 25.6 Å². The summed E-state index contributed by atoms with van der Waals surface area (Å²) in [4.78, 5) is 17.4. The highest BCUT2D eigenvalue weighted by Gasteiger charge is 2.30. The van der Waals surface area contributed by atoms with Crippen LogP contribution >= 0.6 is 11.8 Å². The summed E-state index contributed by atoms with van der Waals surface area (Å²) >= 11 is 1.60. The van der Waals surface area contributed by atoms with Gasteiger partial charge in [-0.2, -0.15) is 0 Å². The molecule has 146 valence electrons. The van der Waals surface area contributed by atoms with Crippen molar-refractivity contribution in [1.82, 2.24) is 5.32 Å². The van der Waals surface area contributed by atoms with Crippen LogP contribution in [0.3, 0.4) is 0 Å². The van der Waals surface area contributed by atoms with Crippen molar-refractivity contribution >= 4 is 22.9 Å². The van der Waals surface area contributed by atoms with Crippen LogP contribution in [0, 0.1) is 0 Å². The molecule has 1 aliphatic heterocycles. The fourth-order valence-corrected chi connectivity index (χ4v) is 3.84. The standard InChI is InChI=1S/C22H24N2O3S/c1-4-27-21(25)19-15(2)23-22(24-20(19)17-8-6-5-7-9-17)28-14-16-10-12-18(26-3)13-11-16/h5-13,20H,4,14H2,1-3H3,(H,23,24). The molecule has 0 fully saturated rings. The topological polar surface area (TPSA) is 59.9 Å². The van der Waals surface area contributed by atoms with Crippen LogP contribution in [0.5, 0.6) is 5.75 Å². The number of allylic oxidation sites excluding steroid dienone is 1. The van der Waals surface area contributed by atoms with E-state index in [-0.39, 0.29) is 12.0 Å². The van der Waals surface area contributed by atoms with E-state index in [1.54, 1.807) is 25.8 Å². The molecule has 2 aromatic carbocycles. The Hall–Kier alpha value is -2.73. The number of hydrogen-bond acceptors (Lipinski definition) is 6. The maximum absolute atomic E-state index is 12.5. The Balaban J connectivity index is 1.81. The van der Waals surface area contributed by atoms with Crippen molar-refractivity contribution in [3.8, 4) is 5.75 Å². The monoisotopic (exact) mass is 396 g/mol. The van der Waals surface area contributed by atoms with Gasteiger partial charge in [0.15, 0.2) is 5.17 Å². The first-order valence-corrected chi connectivity index (χ1v) is 10.1. The smallest absolute Gasteiger partial charge is 0.338 e. The third-order valence-electron chi connectivity index (χ3n) is 4.36. The van der Waals surface area contributed by atoms with Crippen molar-refractivity contribution in [2.75, 3.05) is 13.7 Å². The Labute approximate surface area is 169 Å². The summed E-state index contributed by atoms with van der Waals surface area (Å²) in [5.74, 6) is 1.27. The van der Waals surface area contributed by atoms with E-state index in [9.17, 15) is 4.79 Å². The van der Waals surface area contributed by atoms with Gasteiger partial charge in [-0.15, -0.1) is 0 Å². The highest BCUT2D eigenvalue weighted by molar-refractivity contribution is 8.13. The average molecular weight is 397 g/mol. The Morgan fingerprint density at radius 2 is 1.86 bits per heavy atom. The number of amidine groups is 1. The lowest BCUT2D eigenvalue weighted by atomic mass is 9.97. The molecular weight excluding hydrogens is 372 g/mol. The van der Waals surface area contributed by atoms with Gasteiger partial charge in [-0.05, 0) is 37.1 Å². The van der Waals surface area contributed by atoms with Gasteiger partial charge in [0.1, 0.15) is 11.8 Å². The van der Waals surface area contributed by atoms with E-state index in [1.807, 2.05) is 61.5 Å². The number of methoxy groups -OCH3 is 1. The molecule has 28 heavy (non-hydrogen) atoms. The molecule has 0 bridgehead atoms. The molecule has 2 aromatic rings. The second-order valence-corrected chi connectivity index (χ2v) is 7.23. The maximum atomic E-state index is 12.5. The minimum Gasteiger partial charge on any atom is -0.497 e. The molecule has 1 aliphatic rings. The quantitative estimate of drug-likeness (QED) is 0.730. The van der Waals surface area contributed by atoms with Gasteiger partial charge in [0.2, 0.25) is 0 Å². The van der Waals surface area contributed by atoms with Crippen LogP contribution in [0.4, 0.5) is 0 Å². The number of thioether (sulfide) groups is 1. The van der Waals surface area contributed by atoms with Crippen LogP contribution in [0.1, 0.15) is 31.0 Å². The number of rotatable bonds is 6. The summed E-state index contributed by atoms with van der Waals surface area (Å²) in [5.41, 5.74) is 3.47. The predicted molar refractivity (Wildman–Crippen MR) is 113 cm³/mol. The van der Waals surface area contributed by atoms with Crippen molar-refractivity contribution in [1.29, 1.82) is 0 Å². The number of nitrogens with one attached hydrogen (secondary N) is 1. The lowest BCUT2D eigenvalue weighted by molar-refractivity contribution is -0.138. The Bertz CT molecular complexity index is 876. The summed E-state index contributed by atoms with van der Waals surface area (Å²) in [6.07, 6.45) is 0. The Morgan fingerprint density at radius 3 is 2.50 bits per heavy atom. The van der Waals surface area contributed by atoms with Crippen molar-refractivity contribution in [3.63, 3.8) is 0 Å². The molecule has 0 aromatic heterocycles. The average Bonchev–Trinajstić information content (AvgIpc) is 2.73. The zero-order valence-electron chi connectivity index (χ0n) is 16.3. The van der Waals surface area contributed by atoms with Crippen molar-refractivity contribution < 1.29 is 14.3 Å². The van der Waals surface area contributed by atoms with Crippen molar-refractivity contribution in [2.24, 2.45) is 4.99 Å². The van der Waals surface area contributed by atoms with E-state index >= 15 is 0 Å². The first-order valence-electron chi connectivity index (χ1n) is 9.15. The molecule has 6 heteroatoms. The first kappa shape index (κ1) is 20.0. The molecular formula is C22H24N2O3S. The van der Waals surface area contributed by atoms with E-state index < -0.39 is 0 Å². The summed E-state index contributed by atoms with van der Waals surface area (Å²) in [6.45, 7) is 4.03. The summed E-state index contributed by atoms with van der Waals surface area (Å²) in [5, 5.41) is 4.05. The number of hydrogen-bond donors (Lipinski definition) is 1. The second-order valence-electron chi connectivity index (χ2n) is 6.27. The maximum Gasteiger partial charge on any atom is 0.338 e. The Morgan fingerprint density at radius 1 is 1.14 bits per heavy atom. The van der Waals surface area contributed by atoms with E-state index in [0.717, 1.165) is 27.9 Å². The number of carbonyl (C=O) groups is 1. The van der Waals surface area contributed by atoms with Gasteiger partial charge in [-0.1, -0.05) is 54.2 Å². The molecule has 1 heterocycles. The van der Waals surface area contributed by atoms with E-state index in [2.05, 4.69) is 5.32 Å². The minimum absolute atomic E-state index is 0.329.